The number of imidazole rings is 1. The number of pyridine rings is 1. The second-order valence-corrected chi connectivity index (χ2v) is 5.50. The van der Waals surface area contributed by atoms with Gasteiger partial charge in [0.1, 0.15) is 17.5 Å². The molecule has 25 heavy (non-hydrogen) atoms. The highest BCUT2D eigenvalue weighted by Gasteiger charge is 2.18. The first-order chi connectivity index (χ1) is 12.2. The van der Waals surface area contributed by atoms with Crippen LogP contribution in [0.1, 0.15) is 0 Å². The summed E-state index contributed by atoms with van der Waals surface area (Å²) in [6.07, 6.45) is 3.27. The summed E-state index contributed by atoms with van der Waals surface area (Å²) < 4.78 is 28.5. The van der Waals surface area contributed by atoms with E-state index in [0.717, 1.165) is 5.56 Å². The van der Waals surface area contributed by atoms with Crippen molar-refractivity contribution in [1.29, 1.82) is 0 Å². The maximum atomic E-state index is 14.3. The number of hydrogen-bond acceptors (Lipinski definition) is 2. The zero-order valence-electron chi connectivity index (χ0n) is 13.1. The number of benzene rings is 2. The predicted octanol–water partition coefficient (Wildman–Crippen LogP) is 5.08. The van der Waals surface area contributed by atoms with E-state index in [4.69, 9.17) is 0 Å². The van der Waals surface area contributed by atoms with Crippen LogP contribution in [0.15, 0.2) is 73.1 Å². The van der Waals surface area contributed by atoms with Crippen LogP contribution in [0.4, 0.5) is 8.78 Å². The summed E-state index contributed by atoms with van der Waals surface area (Å²) in [6, 6.07) is 16.3. The van der Waals surface area contributed by atoms with E-state index in [1.54, 1.807) is 60.9 Å². The largest absolute Gasteiger partial charge is 0.337 e. The average molecular weight is 333 g/mol. The molecule has 0 radical (unpaired) electrons. The fourth-order valence-corrected chi connectivity index (χ4v) is 2.73. The SMILES string of the molecule is Fc1ccccc1-c1nc(-c2ccncc2)c(-c2ccccc2F)[nH]1. The van der Waals surface area contributed by atoms with Gasteiger partial charge in [-0.2, -0.15) is 0 Å². The lowest BCUT2D eigenvalue weighted by Gasteiger charge is -2.04. The summed E-state index contributed by atoms with van der Waals surface area (Å²) in [5.74, 6) is -0.415. The van der Waals surface area contributed by atoms with Crippen molar-refractivity contribution < 1.29 is 8.78 Å². The van der Waals surface area contributed by atoms with Crippen molar-refractivity contribution >= 4 is 0 Å². The van der Waals surface area contributed by atoms with Gasteiger partial charge in [0.25, 0.3) is 0 Å². The summed E-state index contributed by atoms with van der Waals surface area (Å²) in [5, 5.41) is 0. The van der Waals surface area contributed by atoms with Gasteiger partial charge in [-0.15, -0.1) is 0 Å². The van der Waals surface area contributed by atoms with E-state index in [9.17, 15) is 8.78 Å². The average Bonchev–Trinajstić information content (AvgIpc) is 3.08. The van der Waals surface area contributed by atoms with Gasteiger partial charge in [-0.1, -0.05) is 24.3 Å². The van der Waals surface area contributed by atoms with E-state index in [1.165, 1.54) is 12.1 Å². The Hall–Kier alpha value is -3.34. The molecule has 3 nitrogen and oxygen atoms in total. The van der Waals surface area contributed by atoms with Gasteiger partial charge < -0.3 is 4.98 Å². The molecule has 0 atom stereocenters. The van der Waals surface area contributed by atoms with Crippen LogP contribution in [0, 0.1) is 11.6 Å². The second kappa shape index (κ2) is 6.28. The molecule has 0 aliphatic rings. The zero-order valence-corrected chi connectivity index (χ0v) is 13.1. The first-order valence-corrected chi connectivity index (χ1v) is 7.74. The lowest BCUT2D eigenvalue weighted by atomic mass is 10.1. The Morgan fingerprint density at radius 1 is 0.720 bits per heavy atom. The molecule has 0 saturated carbocycles. The van der Waals surface area contributed by atoms with E-state index >= 15 is 0 Å². The lowest BCUT2D eigenvalue weighted by molar-refractivity contribution is 0.630. The zero-order chi connectivity index (χ0) is 17.2. The van der Waals surface area contributed by atoms with Crippen LogP contribution in [-0.2, 0) is 0 Å². The normalized spacial score (nSPS) is 10.8. The third-order valence-corrected chi connectivity index (χ3v) is 3.93. The summed E-state index contributed by atoms with van der Waals surface area (Å²) in [5.41, 5.74) is 2.53. The number of nitrogens with one attached hydrogen (secondary N) is 1. The van der Waals surface area contributed by atoms with E-state index in [2.05, 4.69) is 15.0 Å². The predicted molar refractivity (Wildman–Crippen MR) is 92.6 cm³/mol. The van der Waals surface area contributed by atoms with Crippen LogP contribution in [0.5, 0.6) is 0 Å². The van der Waals surface area contributed by atoms with Crippen molar-refractivity contribution in [2.45, 2.75) is 0 Å². The van der Waals surface area contributed by atoms with Crippen molar-refractivity contribution in [2.75, 3.05) is 0 Å². The molecule has 2 aromatic carbocycles. The molecule has 0 unspecified atom stereocenters. The molecule has 122 valence electrons. The van der Waals surface area contributed by atoms with Crippen LogP contribution in [0.3, 0.4) is 0 Å². The number of nitrogens with zero attached hydrogens (tertiary/aromatic N) is 2. The van der Waals surface area contributed by atoms with Crippen molar-refractivity contribution in [3.8, 4) is 33.9 Å². The molecule has 0 spiro atoms. The van der Waals surface area contributed by atoms with Crippen molar-refractivity contribution in [3.05, 3.63) is 84.7 Å². The van der Waals surface area contributed by atoms with Crippen LogP contribution in [-0.4, -0.2) is 15.0 Å². The van der Waals surface area contributed by atoms with E-state index < -0.39 is 5.82 Å². The molecule has 2 aromatic heterocycles. The van der Waals surface area contributed by atoms with Crippen molar-refractivity contribution in [2.24, 2.45) is 0 Å². The maximum Gasteiger partial charge on any atom is 0.141 e. The standard InChI is InChI=1S/C20H13F2N3/c21-16-7-3-1-5-14(16)19-18(13-9-11-23-12-10-13)24-20(25-19)15-6-2-4-8-17(15)22/h1-12H,(H,24,25). The molecule has 0 fully saturated rings. The molecular weight excluding hydrogens is 320 g/mol. The molecule has 4 aromatic rings. The fourth-order valence-electron chi connectivity index (χ4n) is 2.73. The molecule has 0 aliphatic carbocycles. The quantitative estimate of drug-likeness (QED) is 0.568. The Morgan fingerprint density at radius 3 is 1.96 bits per heavy atom. The third kappa shape index (κ3) is 2.80. The van der Waals surface area contributed by atoms with E-state index in [1.807, 2.05) is 0 Å². The third-order valence-electron chi connectivity index (χ3n) is 3.93. The number of aromatic amines is 1. The number of halogens is 2. The molecular formula is C20H13F2N3. The van der Waals surface area contributed by atoms with Crippen LogP contribution in [0.2, 0.25) is 0 Å². The Bertz CT molecular complexity index is 1030. The minimum Gasteiger partial charge on any atom is -0.337 e. The van der Waals surface area contributed by atoms with Crippen LogP contribution < -0.4 is 0 Å². The van der Waals surface area contributed by atoms with Crippen molar-refractivity contribution in [1.82, 2.24) is 15.0 Å². The molecule has 1 N–H and O–H groups in total. The minimum absolute atomic E-state index is 0.334. The molecule has 5 heteroatoms. The smallest absolute Gasteiger partial charge is 0.141 e. The molecule has 0 aliphatic heterocycles. The summed E-state index contributed by atoms with van der Waals surface area (Å²) in [6.45, 7) is 0. The van der Waals surface area contributed by atoms with Gasteiger partial charge in [0.15, 0.2) is 0 Å². The molecule has 2 heterocycles. The van der Waals surface area contributed by atoms with Crippen molar-refractivity contribution in [3.63, 3.8) is 0 Å². The van der Waals surface area contributed by atoms with Gasteiger partial charge in [-0.25, -0.2) is 13.8 Å². The van der Waals surface area contributed by atoms with Crippen LogP contribution in [0.25, 0.3) is 33.9 Å². The topological polar surface area (TPSA) is 41.6 Å². The number of hydrogen-bond donors (Lipinski definition) is 1. The summed E-state index contributed by atoms with van der Waals surface area (Å²) in [7, 11) is 0. The second-order valence-electron chi connectivity index (χ2n) is 5.50. The first kappa shape index (κ1) is 15.2. The lowest BCUT2D eigenvalue weighted by Crippen LogP contribution is -1.88. The summed E-state index contributed by atoms with van der Waals surface area (Å²) >= 11 is 0. The van der Waals surface area contributed by atoms with Gasteiger partial charge in [-0.05, 0) is 36.4 Å². The Balaban J connectivity index is 1.96. The van der Waals surface area contributed by atoms with Crippen LogP contribution >= 0.6 is 0 Å². The van der Waals surface area contributed by atoms with E-state index in [0.29, 0.717) is 28.3 Å². The van der Waals surface area contributed by atoms with E-state index in [-0.39, 0.29) is 5.82 Å². The first-order valence-electron chi connectivity index (χ1n) is 7.74. The Morgan fingerprint density at radius 2 is 1.32 bits per heavy atom. The molecule has 0 bridgehead atoms. The monoisotopic (exact) mass is 333 g/mol. The molecule has 0 saturated heterocycles. The Labute approximate surface area is 143 Å². The van der Waals surface area contributed by atoms with Gasteiger partial charge >= 0.3 is 0 Å². The molecule has 4 rings (SSSR count). The number of aromatic nitrogens is 3. The van der Waals surface area contributed by atoms with Gasteiger partial charge in [0, 0.05) is 23.5 Å². The highest BCUT2D eigenvalue weighted by atomic mass is 19.1. The highest BCUT2D eigenvalue weighted by Crippen LogP contribution is 2.34. The maximum absolute atomic E-state index is 14.3. The van der Waals surface area contributed by atoms with Gasteiger partial charge in [-0.3, -0.25) is 4.98 Å². The van der Waals surface area contributed by atoms with Gasteiger partial charge in [0.2, 0.25) is 0 Å². The summed E-state index contributed by atoms with van der Waals surface area (Å²) in [4.78, 5) is 11.6. The fraction of sp³-hybridized carbons (Fsp3) is 0. The number of rotatable bonds is 3. The Kier molecular flexibility index (Phi) is 3.82. The molecule has 0 amide bonds. The minimum atomic E-state index is -0.391. The highest BCUT2D eigenvalue weighted by molar-refractivity contribution is 5.81. The van der Waals surface area contributed by atoms with Gasteiger partial charge in [0.05, 0.1) is 17.0 Å². The number of H-pyrrole nitrogens is 1.